The van der Waals surface area contributed by atoms with Crippen molar-refractivity contribution in [3.8, 4) is 5.75 Å². The summed E-state index contributed by atoms with van der Waals surface area (Å²) in [5.74, 6) is -3.58. The number of aromatic nitrogens is 1. The first-order valence-corrected chi connectivity index (χ1v) is 28.7. The standard InChI is InChI=1S/C64H92N4O17/c1-58(2,3)79-51(71)45(67(54(74)82-61(10,11)12)55(75)83-62(13,14)15)35-34-42-38-65(39-47(69)43(42)37-46(52(72)80-59(4,5)6)68(56(76)84-63(16,17)18)57(77)85-64(19,20)21)36-28-33-44-50(70)78-49(41-31-26-23-27-32-41)48(40-29-24-22-25-30-40)66(44)53(73)81-60(7,8)9/h22-27,29-32,38-39,44-46,48-49H,28,33-37H2,1-21H3/t44-,45-,46-,48-,49+/m0/s1. The Morgan fingerprint density at radius 2 is 0.929 bits per heavy atom. The summed E-state index contributed by atoms with van der Waals surface area (Å²) < 4.78 is 48.2. The number of amides is 5. The number of esters is 3. The van der Waals surface area contributed by atoms with Crippen molar-refractivity contribution in [2.45, 2.75) is 254 Å². The number of carbonyl (C=O) groups is 8. The SMILES string of the molecule is CC(C)(C)OC(=O)[C@H](CCc1c[n+](CCC[C@H]2C(=O)O[C@H](c3ccccc3)[C@H](c3ccccc3)N2C(=O)OC(C)(C)C)cc([O-])c1C[C@@H](C(=O)OC(C)(C)C)N(C(=O)OC(C)(C)C)C(=O)OC(C)(C)C)N(C(=O)OC(C)(C)C)C(=O)OC(C)(C)C. The summed E-state index contributed by atoms with van der Waals surface area (Å²) in [6.07, 6.45) is -5.38. The van der Waals surface area contributed by atoms with Gasteiger partial charge in [-0.05, 0) is 187 Å². The maximum atomic E-state index is 15.1. The number of cyclic esters (lactones) is 1. The van der Waals surface area contributed by atoms with Crippen LogP contribution >= 0.6 is 0 Å². The van der Waals surface area contributed by atoms with Crippen molar-refractivity contribution in [2.24, 2.45) is 0 Å². The minimum atomic E-state index is -1.93. The van der Waals surface area contributed by atoms with E-state index < -0.39 is 136 Å². The second-order valence-electron chi connectivity index (χ2n) is 28.0. The number of pyridine rings is 1. The van der Waals surface area contributed by atoms with E-state index in [9.17, 15) is 38.4 Å². The fourth-order valence-corrected chi connectivity index (χ4v) is 8.92. The normalized spacial score (nSPS) is 16.8. The number of benzene rings is 2. The molecule has 4 rings (SSSR count). The van der Waals surface area contributed by atoms with Gasteiger partial charge in [0, 0.05) is 18.4 Å². The quantitative estimate of drug-likeness (QED) is 0.0779. The Balaban J connectivity index is 1.99. The van der Waals surface area contributed by atoms with Crippen molar-refractivity contribution in [3.05, 3.63) is 95.3 Å². The summed E-state index contributed by atoms with van der Waals surface area (Å²) in [6, 6.07) is 12.5. The number of morpholine rings is 1. The topological polar surface area (TPSA) is 247 Å². The van der Waals surface area contributed by atoms with Crippen LogP contribution in [-0.2, 0) is 71.7 Å². The van der Waals surface area contributed by atoms with Crippen LogP contribution in [0.2, 0.25) is 0 Å². The van der Waals surface area contributed by atoms with Crippen LogP contribution in [0.15, 0.2) is 73.1 Å². The van der Waals surface area contributed by atoms with E-state index in [1.54, 1.807) is 145 Å². The molecule has 0 radical (unpaired) electrons. The van der Waals surface area contributed by atoms with E-state index in [0.29, 0.717) is 20.9 Å². The molecule has 1 fully saturated rings. The smallest absolute Gasteiger partial charge is 0.420 e. The highest BCUT2D eigenvalue weighted by Gasteiger charge is 2.50. The lowest BCUT2D eigenvalue weighted by atomic mass is 9.90. The molecular weight excluding hydrogens is 1100 g/mol. The Bertz CT molecular complexity index is 2790. The van der Waals surface area contributed by atoms with Gasteiger partial charge in [-0.15, -0.1) is 0 Å². The molecule has 470 valence electrons. The second kappa shape index (κ2) is 27.3. The fourth-order valence-electron chi connectivity index (χ4n) is 8.92. The number of ether oxygens (including phenoxy) is 8. The number of aryl methyl sites for hydroxylation is 2. The van der Waals surface area contributed by atoms with E-state index >= 15 is 5.11 Å². The molecule has 0 aliphatic carbocycles. The van der Waals surface area contributed by atoms with Gasteiger partial charge in [-0.3, -0.25) is 4.90 Å². The van der Waals surface area contributed by atoms with Crippen LogP contribution in [0.3, 0.4) is 0 Å². The molecule has 5 amide bonds. The highest BCUT2D eigenvalue weighted by molar-refractivity contribution is 5.95. The molecule has 2 heterocycles. The van der Waals surface area contributed by atoms with Crippen LogP contribution in [0.4, 0.5) is 24.0 Å². The van der Waals surface area contributed by atoms with Crippen LogP contribution in [-0.4, -0.2) is 120 Å². The summed E-state index contributed by atoms with van der Waals surface area (Å²) in [4.78, 5) is 118. The monoisotopic (exact) mass is 1190 g/mol. The van der Waals surface area contributed by atoms with E-state index in [-0.39, 0.29) is 36.9 Å². The molecule has 1 saturated heterocycles. The molecule has 0 N–H and O–H groups in total. The van der Waals surface area contributed by atoms with Crippen LogP contribution in [0, 0.1) is 0 Å². The minimum Gasteiger partial charge on any atom is -0.868 e. The third-order valence-corrected chi connectivity index (χ3v) is 11.9. The number of rotatable bonds is 15. The fraction of sp³-hybridized carbons (Fsp3) is 0.609. The summed E-state index contributed by atoms with van der Waals surface area (Å²) >= 11 is 0. The predicted octanol–water partition coefficient (Wildman–Crippen LogP) is 11.7. The summed E-state index contributed by atoms with van der Waals surface area (Å²) in [7, 11) is 0. The lowest BCUT2D eigenvalue weighted by molar-refractivity contribution is -0.700. The third-order valence-electron chi connectivity index (χ3n) is 11.9. The van der Waals surface area contributed by atoms with Gasteiger partial charge in [0.2, 0.25) is 0 Å². The van der Waals surface area contributed by atoms with Gasteiger partial charge in [0.05, 0.1) is 0 Å². The predicted molar refractivity (Wildman–Crippen MR) is 312 cm³/mol. The van der Waals surface area contributed by atoms with Gasteiger partial charge in [-0.1, -0.05) is 60.7 Å². The van der Waals surface area contributed by atoms with Crippen molar-refractivity contribution in [2.75, 3.05) is 0 Å². The maximum Gasteiger partial charge on any atom is 0.420 e. The van der Waals surface area contributed by atoms with Crippen LogP contribution in [0.5, 0.6) is 5.75 Å². The third kappa shape index (κ3) is 22.2. The number of nitrogens with zero attached hydrogens (tertiary/aromatic N) is 4. The molecule has 1 aliphatic rings. The van der Waals surface area contributed by atoms with Crippen LogP contribution in [0.25, 0.3) is 0 Å². The molecule has 0 saturated carbocycles. The molecular formula is C64H92N4O17. The summed E-state index contributed by atoms with van der Waals surface area (Å²) in [5.41, 5.74) is -6.84. The number of hydrogen-bond donors (Lipinski definition) is 0. The van der Waals surface area contributed by atoms with Crippen LogP contribution < -0.4 is 9.67 Å². The molecule has 0 spiro atoms. The van der Waals surface area contributed by atoms with Crippen molar-refractivity contribution < 1.29 is 85.9 Å². The molecule has 85 heavy (non-hydrogen) atoms. The summed E-state index contributed by atoms with van der Waals surface area (Å²) in [6.45, 7) is 33.4. The molecule has 21 nitrogen and oxygen atoms in total. The maximum absolute atomic E-state index is 15.1. The molecule has 1 aromatic heterocycles. The Morgan fingerprint density at radius 3 is 1.34 bits per heavy atom. The molecule has 0 unspecified atom stereocenters. The molecule has 2 aromatic carbocycles. The first-order chi connectivity index (χ1) is 38.7. The van der Waals surface area contributed by atoms with Crippen LogP contribution in [0.1, 0.15) is 199 Å². The van der Waals surface area contributed by atoms with E-state index in [1.807, 2.05) is 60.7 Å². The van der Waals surface area contributed by atoms with Gasteiger partial charge in [-0.2, -0.15) is 9.80 Å². The molecule has 0 bridgehead atoms. The zero-order valence-electron chi connectivity index (χ0n) is 53.8. The van der Waals surface area contributed by atoms with Crippen molar-refractivity contribution >= 4 is 48.4 Å². The lowest BCUT2D eigenvalue weighted by Gasteiger charge is -2.45. The summed E-state index contributed by atoms with van der Waals surface area (Å²) in [5, 5.41) is 15.1. The first-order valence-electron chi connectivity index (χ1n) is 28.7. The first kappa shape index (κ1) is 70.0. The van der Waals surface area contributed by atoms with E-state index in [2.05, 4.69) is 0 Å². The number of imide groups is 2. The largest absolute Gasteiger partial charge is 0.868 e. The highest BCUT2D eigenvalue weighted by atomic mass is 16.6. The van der Waals surface area contributed by atoms with Crippen molar-refractivity contribution in [1.29, 1.82) is 0 Å². The van der Waals surface area contributed by atoms with Gasteiger partial charge >= 0.3 is 48.4 Å². The molecule has 3 aromatic rings. The lowest BCUT2D eigenvalue weighted by Crippen LogP contribution is -2.55. The van der Waals surface area contributed by atoms with E-state index in [0.717, 1.165) is 0 Å². The Morgan fingerprint density at radius 1 is 0.541 bits per heavy atom. The Labute approximate surface area is 501 Å². The number of hydrogen-bond acceptors (Lipinski definition) is 17. The van der Waals surface area contributed by atoms with E-state index in [1.165, 1.54) is 21.9 Å². The van der Waals surface area contributed by atoms with Gasteiger partial charge in [0.25, 0.3) is 0 Å². The van der Waals surface area contributed by atoms with Gasteiger partial charge < -0.3 is 43.0 Å². The van der Waals surface area contributed by atoms with Gasteiger partial charge in [0.15, 0.2) is 18.5 Å². The highest BCUT2D eigenvalue weighted by Crippen LogP contribution is 2.44. The average molecular weight is 1190 g/mol. The molecule has 5 atom stereocenters. The Kier molecular flexibility index (Phi) is 22.5. The molecule has 21 heteroatoms. The van der Waals surface area contributed by atoms with Gasteiger partial charge in [0.1, 0.15) is 69.9 Å². The zero-order chi connectivity index (χ0) is 64.6. The zero-order valence-corrected chi connectivity index (χ0v) is 53.8. The Hall–Kier alpha value is -7.45. The van der Waals surface area contributed by atoms with Crippen molar-refractivity contribution in [3.63, 3.8) is 0 Å². The second-order valence-corrected chi connectivity index (χ2v) is 28.0. The average Bonchev–Trinajstić information content (AvgIpc) is 1.86. The molecule has 1 aliphatic heterocycles. The van der Waals surface area contributed by atoms with Gasteiger partial charge in [-0.25, -0.2) is 42.9 Å². The minimum absolute atomic E-state index is 0.00144. The van der Waals surface area contributed by atoms with Crippen molar-refractivity contribution in [1.82, 2.24) is 14.7 Å². The van der Waals surface area contributed by atoms with E-state index in [4.69, 9.17) is 37.9 Å². The number of carbonyl (C=O) groups excluding carboxylic acids is 8.